The molecule has 4 rings (SSSR count). The van der Waals surface area contributed by atoms with Gasteiger partial charge in [-0.25, -0.2) is 13.2 Å². The van der Waals surface area contributed by atoms with Gasteiger partial charge in [-0.2, -0.15) is 0 Å². The van der Waals surface area contributed by atoms with Crippen molar-refractivity contribution in [2.45, 2.75) is 75.8 Å². The van der Waals surface area contributed by atoms with Gasteiger partial charge in [-0.3, -0.25) is 4.90 Å². The van der Waals surface area contributed by atoms with Gasteiger partial charge < -0.3 is 14.6 Å². The third-order valence-corrected chi connectivity index (χ3v) is 8.57. The molecule has 1 amide bonds. The van der Waals surface area contributed by atoms with Crippen LogP contribution in [0.3, 0.4) is 0 Å². The van der Waals surface area contributed by atoms with Crippen LogP contribution in [-0.4, -0.2) is 48.0 Å². The van der Waals surface area contributed by atoms with Gasteiger partial charge in [0.1, 0.15) is 18.0 Å². The quantitative estimate of drug-likeness (QED) is 0.378. The lowest BCUT2D eigenvalue weighted by Crippen LogP contribution is -2.48. The highest BCUT2D eigenvalue weighted by atomic mass is 32.2. The summed E-state index contributed by atoms with van der Waals surface area (Å²) in [6.45, 7) is 7.56. The zero-order valence-corrected chi connectivity index (χ0v) is 23.7. The van der Waals surface area contributed by atoms with E-state index in [1.165, 1.54) is 4.90 Å². The molecule has 0 aliphatic carbocycles. The number of likely N-dealkylation sites (tertiary alicyclic amines) is 1. The minimum absolute atomic E-state index is 0.213. The van der Waals surface area contributed by atoms with Crippen LogP contribution in [0.4, 0.5) is 4.79 Å². The Kier molecular flexibility index (Phi) is 8.67. The van der Waals surface area contributed by atoms with E-state index < -0.39 is 39.7 Å². The standard InChI is InChI=1S/C31H37NO6S/c1-22-13-16-27(17-14-22)39(35,36)21-25-15-18-28(32(25)30(34)38-31(2,3)4)29(33)24-11-8-12-26(19-24)37-20-23-9-6-5-7-10-23/h5-14,16-17,19,25,28-29,33H,15,18,20-21H2,1-4H3/t25-,28+,29+/m1/s1. The van der Waals surface area contributed by atoms with Crippen LogP contribution in [0.1, 0.15) is 56.4 Å². The second-order valence-corrected chi connectivity index (χ2v) is 13.1. The molecular weight excluding hydrogens is 514 g/mol. The molecule has 0 radical (unpaired) electrons. The Morgan fingerprint density at radius 3 is 2.36 bits per heavy atom. The van der Waals surface area contributed by atoms with Crippen molar-refractivity contribution in [1.82, 2.24) is 4.90 Å². The third kappa shape index (κ3) is 7.40. The van der Waals surface area contributed by atoms with Gasteiger partial charge in [-0.1, -0.05) is 60.2 Å². The van der Waals surface area contributed by atoms with Gasteiger partial charge in [0.05, 0.1) is 22.8 Å². The first kappa shape index (κ1) is 28.6. The largest absolute Gasteiger partial charge is 0.489 e. The van der Waals surface area contributed by atoms with Crippen molar-refractivity contribution < 1.29 is 27.8 Å². The number of carbonyl (C=O) groups is 1. The summed E-state index contributed by atoms with van der Waals surface area (Å²) in [5.41, 5.74) is 1.79. The first-order valence-corrected chi connectivity index (χ1v) is 14.8. The second-order valence-electron chi connectivity index (χ2n) is 11.1. The highest BCUT2D eigenvalue weighted by Gasteiger charge is 2.44. The zero-order valence-electron chi connectivity index (χ0n) is 22.9. The molecule has 7 nitrogen and oxygen atoms in total. The lowest BCUT2D eigenvalue weighted by molar-refractivity contribution is -0.00264. The number of hydrogen-bond donors (Lipinski definition) is 1. The number of aliphatic hydroxyl groups excluding tert-OH is 1. The Balaban J connectivity index is 1.56. The van der Waals surface area contributed by atoms with Crippen LogP contribution < -0.4 is 4.74 Å². The molecular formula is C31H37NO6S. The van der Waals surface area contributed by atoms with Crippen LogP contribution >= 0.6 is 0 Å². The van der Waals surface area contributed by atoms with Gasteiger partial charge >= 0.3 is 6.09 Å². The Morgan fingerprint density at radius 2 is 1.69 bits per heavy atom. The van der Waals surface area contributed by atoms with Crippen LogP contribution in [-0.2, 0) is 21.2 Å². The summed E-state index contributed by atoms with van der Waals surface area (Å²) in [4.78, 5) is 15.0. The lowest BCUT2D eigenvalue weighted by Gasteiger charge is -2.34. The second kappa shape index (κ2) is 11.8. The maximum absolute atomic E-state index is 13.4. The monoisotopic (exact) mass is 551 g/mol. The zero-order chi connectivity index (χ0) is 28.2. The van der Waals surface area contributed by atoms with Gasteiger partial charge in [0.15, 0.2) is 9.84 Å². The molecule has 1 aliphatic rings. The fourth-order valence-electron chi connectivity index (χ4n) is 4.83. The molecule has 1 fully saturated rings. The summed E-state index contributed by atoms with van der Waals surface area (Å²) in [7, 11) is -3.68. The van der Waals surface area contributed by atoms with Crippen LogP contribution in [0.2, 0.25) is 0 Å². The average molecular weight is 552 g/mol. The Hall–Kier alpha value is -3.36. The summed E-state index contributed by atoms with van der Waals surface area (Å²) in [6, 6.07) is 22.3. The van der Waals surface area contributed by atoms with Crippen molar-refractivity contribution in [3.05, 3.63) is 95.6 Å². The smallest absolute Gasteiger partial charge is 0.410 e. The minimum atomic E-state index is -3.68. The topological polar surface area (TPSA) is 93.1 Å². The number of hydrogen-bond acceptors (Lipinski definition) is 6. The predicted octanol–water partition coefficient (Wildman–Crippen LogP) is 5.85. The highest BCUT2D eigenvalue weighted by Crippen LogP contribution is 2.36. The van der Waals surface area contributed by atoms with E-state index >= 15 is 0 Å². The van der Waals surface area contributed by atoms with E-state index in [2.05, 4.69) is 0 Å². The van der Waals surface area contributed by atoms with E-state index in [9.17, 15) is 18.3 Å². The summed E-state index contributed by atoms with van der Waals surface area (Å²) in [6.07, 6.45) is -0.825. The van der Waals surface area contributed by atoms with Gasteiger partial charge in [0.25, 0.3) is 0 Å². The number of amides is 1. The lowest BCUT2D eigenvalue weighted by atomic mass is 10.00. The summed E-state index contributed by atoms with van der Waals surface area (Å²) < 4.78 is 38.2. The van der Waals surface area contributed by atoms with Crippen LogP contribution in [0.5, 0.6) is 5.75 Å². The van der Waals surface area contributed by atoms with E-state index in [1.54, 1.807) is 63.2 Å². The maximum Gasteiger partial charge on any atom is 0.410 e. The number of sulfone groups is 1. The van der Waals surface area contributed by atoms with Crippen molar-refractivity contribution in [1.29, 1.82) is 0 Å². The fourth-order valence-corrected chi connectivity index (χ4v) is 6.41. The molecule has 208 valence electrons. The number of aliphatic hydroxyl groups is 1. The first-order chi connectivity index (χ1) is 18.4. The molecule has 39 heavy (non-hydrogen) atoms. The van der Waals surface area contributed by atoms with Crippen molar-refractivity contribution in [2.75, 3.05) is 5.75 Å². The molecule has 1 saturated heterocycles. The molecule has 8 heteroatoms. The number of benzene rings is 3. The first-order valence-electron chi connectivity index (χ1n) is 13.2. The van der Waals surface area contributed by atoms with E-state index in [1.807, 2.05) is 43.3 Å². The maximum atomic E-state index is 13.4. The third-order valence-electron chi connectivity index (χ3n) is 6.75. The number of nitrogens with zero attached hydrogens (tertiary/aromatic N) is 1. The highest BCUT2D eigenvalue weighted by molar-refractivity contribution is 7.91. The molecule has 1 aliphatic heterocycles. The van der Waals surface area contributed by atoms with Gasteiger partial charge in [0, 0.05) is 6.04 Å². The number of ether oxygens (including phenoxy) is 2. The van der Waals surface area contributed by atoms with Gasteiger partial charge in [-0.15, -0.1) is 0 Å². The van der Waals surface area contributed by atoms with Crippen molar-refractivity contribution in [2.24, 2.45) is 0 Å². The van der Waals surface area contributed by atoms with Gasteiger partial charge in [0.2, 0.25) is 0 Å². The molecule has 1 heterocycles. The summed E-state index contributed by atoms with van der Waals surface area (Å²) >= 11 is 0. The Labute approximate surface area is 231 Å². The molecule has 3 aromatic carbocycles. The Morgan fingerprint density at radius 1 is 1.00 bits per heavy atom. The minimum Gasteiger partial charge on any atom is -0.489 e. The Bertz CT molecular complexity index is 1370. The molecule has 3 atom stereocenters. The molecule has 0 spiro atoms. The number of carbonyl (C=O) groups excluding carboxylic acids is 1. The van der Waals surface area contributed by atoms with E-state index in [0.29, 0.717) is 30.8 Å². The van der Waals surface area contributed by atoms with Crippen LogP contribution in [0.15, 0.2) is 83.8 Å². The van der Waals surface area contributed by atoms with E-state index in [4.69, 9.17) is 9.47 Å². The molecule has 3 aromatic rings. The average Bonchev–Trinajstić information content (AvgIpc) is 3.30. The van der Waals surface area contributed by atoms with Crippen LogP contribution in [0, 0.1) is 6.92 Å². The molecule has 0 aromatic heterocycles. The number of aryl methyl sites for hydroxylation is 1. The SMILES string of the molecule is Cc1ccc(S(=O)(=O)C[C@H]2CC[C@@H]([C@@H](O)c3cccc(OCc4ccccc4)c3)N2C(=O)OC(C)(C)C)cc1. The fraction of sp³-hybridized carbons (Fsp3) is 0.387. The predicted molar refractivity (Wildman–Crippen MR) is 150 cm³/mol. The van der Waals surface area contributed by atoms with E-state index in [-0.39, 0.29) is 10.6 Å². The molecule has 1 N–H and O–H groups in total. The van der Waals surface area contributed by atoms with Crippen molar-refractivity contribution in [3.8, 4) is 5.75 Å². The van der Waals surface area contributed by atoms with Crippen LogP contribution in [0.25, 0.3) is 0 Å². The van der Waals surface area contributed by atoms with E-state index in [0.717, 1.165) is 11.1 Å². The summed E-state index contributed by atoms with van der Waals surface area (Å²) in [5.74, 6) is 0.342. The summed E-state index contributed by atoms with van der Waals surface area (Å²) in [5, 5.41) is 11.5. The molecule has 0 bridgehead atoms. The molecule has 0 saturated carbocycles. The number of rotatable bonds is 8. The van der Waals surface area contributed by atoms with Crippen molar-refractivity contribution in [3.63, 3.8) is 0 Å². The van der Waals surface area contributed by atoms with Crippen molar-refractivity contribution >= 4 is 15.9 Å². The van der Waals surface area contributed by atoms with Gasteiger partial charge in [-0.05, 0) is 75.9 Å². The molecule has 0 unspecified atom stereocenters. The normalized spacial score (nSPS) is 18.5.